The number of aryl methyl sites for hydroxylation is 3. The normalized spacial score (nSPS) is 16.8. The van der Waals surface area contributed by atoms with Crippen molar-refractivity contribution in [1.82, 2.24) is 15.3 Å². The van der Waals surface area contributed by atoms with Crippen molar-refractivity contribution in [2.75, 3.05) is 19.0 Å². The van der Waals surface area contributed by atoms with Gasteiger partial charge in [-0.25, -0.2) is 9.97 Å². The maximum Gasteiger partial charge on any atom is 0.255 e. The van der Waals surface area contributed by atoms with E-state index in [0.717, 1.165) is 42.2 Å². The van der Waals surface area contributed by atoms with Crippen LogP contribution in [0.15, 0.2) is 16.7 Å². The molecule has 0 saturated carbocycles. The van der Waals surface area contributed by atoms with Crippen LogP contribution >= 0.6 is 0 Å². The number of rotatable bonds is 3. The van der Waals surface area contributed by atoms with Gasteiger partial charge in [-0.1, -0.05) is 0 Å². The average molecular weight is 314 g/mol. The zero-order chi connectivity index (χ0) is 16.6. The minimum Gasteiger partial charge on any atom is -0.466 e. The van der Waals surface area contributed by atoms with Crippen molar-refractivity contribution < 1.29 is 9.21 Å². The van der Waals surface area contributed by atoms with E-state index in [2.05, 4.69) is 15.3 Å². The van der Waals surface area contributed by atoms with Gasteiger partial charge in [0.1, 0.15) is 11.5 Å². The van der Waals surface area contributed by atoms with Crippen molar-refractivity contribution >= 4 is 11.9 Å². The Bertz CT molecular complexity index is 736. The smallest absolute Gasteiger partial charge is 0.255 e. The summed E-state index contributed by atoms with van der Waals surface area (Å²) < 4.78 is 5.43. The lowest BCUT2D eigenvalue weighted by molar-refractivity contribution is 0.0932. The monoisotopic (exact) mass is 314 g/mol. The number of amides is 1. The SMILES string of the molecule is Cc1cc(C(=O)NC2CCc3nc(N(C)C)ncc3C2)c(C)o1. The fourth-order valence-electron chi connectivity index (χ4n) is 2.96. The Hall–Kier alpha value is -2.37. The average Bonchev–Trinajstić information content (AvgIpc) is 2.85. The molecule has 0 spiro atoms. The number of hydrogen-bond donors (Lipinski definition) is 1. The van der Waals surface area contributed by atoms with Crippen molar-refractivity contribution in [3.63, 3.8) is 0 Å². The molecule has 6 nitrogen and oxygen atoms in total. The van der Waals surface area contributed by atoms with Gasteiger partial charge in [-0.15, -0.1) is 0 Å². The van der Waals surface area contributed by atoms with Crippen LogP contribution in [0.2, 0.25) is 0 Å². The molecule has 3 rings (SSSR count). The molecule has 2 aromatic heterocycles. The van der Waals surface area contributed by atoms with Crippen LogP contribution in [0.5, 0.6) is 0 Å². The Morgan fingerprint density at radius 2 is 2.17 bits per heavy atom. The number of aromatic nitrogens is 2. The van der Waals surface area contributed by atoms with Gasteiger partial charge in [-0.3, -0.25) is 4.79 Å². The summed E-state index contributed by atoms with van der Waals surface area (Å²) in [7, 11) is 3.87. The fourth-order valence-corrected chi connectivity index (χ4v) is 2.96. The van der Waals surface area contributed by atoms with Gasteiger partial charge in [0.2, 0.25) is 5.95 Å². The fraction of sp³-hybridized carbons (Fsp3) is 0.471. The van der Waals surface area contributed by atoms with Crippen molar-refractivity contribution in [3.8, 4) is 0 Å². The molecule has 1 unspecified atom stereocenters. The van der Waals surface area contributed by atoms with Gasteiger partial charge >= 0.3 is 0 Å². The van der Waals surface area contributed by atoms with Crippen molar-refractivity contribution in [2.45, 2.75) is 39.2 Å². The minimum absolute atomic E-state index is 0.0707. The zero-order valence-corrected chi connectivity index (χ0v) is 14.0. The molecule has 0 bridgehead atoms. The summed E-state index contributed by atoms with van der Waals surface area (Å²) in [6.07, 6.45) is 4.39. The molecule has 0 saturated heterocycles. The van der Waals surface area contributed by atoms with Crippen LogP contribution in [0.25, 0.3) is 0 Å². The van der Waals surface area contributed by atoms with Crippen LogP contribution in [-0.4, -0.2) is 36.0 Å². The van der Waals surface area contributed by atoms with Gasteiger partial charge in [0.15, 0.2) is 0 Å². The predicted molar refractivity (Wildman–Crippen MR) is 87.8 cm³/mol. The number of carbonyl (C=O) groups is 1. The summed E-state index contributed by atoms with van der Waals surface area (Å²) in [6.45, 7) is 3.66. The van der Waals surface area contributed by atoms with Gasteiger partial charge < -0.3 is 14.6 Å². The second-order valence-electron chi connectivity index (χ2n) is 6.28. The Morgan fingerprint density at radius 1 is 1.39 bits per heavy atom. The molecular formula is C17H22N4O2. The number of carbonyl (C=O) groups excluding carboxylic acids is 1. The summed E-state index contributed by atoms with van der Waals surface area (Å²) in [4.78, 5) is 23.3. The molecule has 6 heteroatoms. The summed E-state index contributed by atoms with van der Waals surface area (Å²) >= 11 is 0. The van der Waals surface area contributed by atoms with E-state index in [1.807, 2.05) is 39.0 Å². The molecule has 1 aliphatic rings. The number of furan rings is 1. The molecule has 2 aromatic rings. The minimum atomic E-state index is -0.0707. The molecule has 0 aliphatic heterocycles. The highest BCUT2D eigenvalue weighted by Gasteiger charge is 2.24. The van der Waals surface area contributed by atoms with Gasteiger partial charge in [0.25, 0.3) is 5.91 Å². The first-order valence-corrected chi connectivity index (χ1v) is 7.84. The third-order valence-electron chi connectivity index (χ3n) is 4.16. The molecule has 2 heterocycles. The lowest BCUT2D eigenvalue weighted by Gasteiger charge is -2.25. The lowest BCUT2D eigenvalue weighted by atomic mass is 9.92. The number of nitrogens with zero attached hydrogens (tertiary/aromatic N) is 3. The third kappa shape index (κ3) is 3.21. The van der Waals surface area contributed by atoms with E-state index in [1.165, 1.54) is 0 Å². The highest BCUT2D eigenvalue weighted by Crippen LogP contribution is 2.22. The zero-order valence-electron chi connectivity index (χ0n) is 14.0. The quantitative estimate of drug-likeness (QED) is 0.938. The molecule has 1 atom stereocenters. The Kier molecular flexibility index (Phi) is 4.07. The number of hydrogen-bond acceptors (Lipinski definition) is 5. The van der Waals surface area contributed by atoms with Crippen molar-refractivity contribution in [1.29, 1.82) is 0 Å². The number of nitrogens with one attached hydrogen (secondary N) is 1. The largest absolute Gasteiger partial charge is 0.466 e. The molecule has 0 fully saturated rings. The van der Waals surface area contributed by atoms with E-state index in [9.17, 15) is 4.79 Å². The van der Waals surface area contributed by atoms with Gasteiger partial charge in [-0.05, 0) is 44.7 Å². The van der Waals surface area contributed by atoms with Crippen LogP contribution in [0.3, 0.4) is 0 Å². The third-order valence-corrected chi connectivity index (χ3v) is 4.16. The number of anilines is 1. The van der Waals surface area contributed by atoms with Crippen molar-refractivity contribution in [3.05, 3.63) is 40.6 Å². The van der Waals surface area contributed by atoms with Gasteiger partial charge in [-0.2, -0.15) is 0 Å². The second-order valence-corrected chi connectivity index (χ2v) is 6.28. The van der Waals surface area contributed by atoms with E-state index in [1.54, 1.807) is 6.07 Å². The Morgan fingerprint density at radius 3 is 2.83 bits per heavy atom. The van der Waals surface area contributed by atoms with Crippen LogP contribution in [0.1, 0.15) is 39.6 Å². The molecule has 0 radical (unpaired) electrons. The standard InChI is InChI=1S/C17H22N4O2/c1-10-7-14(11(2)23-10)16(22)19-13-5-6-15-12(8-13)9-18-17(20-15)21(3)4/h7,9,13H,5-6,8H2,1-4H3,(H,19,22). The highest BCUT2D eigenvalue weighted by atomic mass is 16.3. The van der Waals surface area contributed by atoms with E-state index < -0.39 is 0 Å². The van der Waals surface area contributed by atoms with Gasteiger partial charge in [0.05, 0.1) is 5.56 Å². The summed E-state index contributed by atoms with van der Waals surface area (Å²) in [5, 5.41) is 3.10. The highest BCUT2D eigenvalue weighted by molar-refractivity contribution is 5.95. The molecule has 1 amide bonds. The van der Waals surface area contributed by atoms with Crippen molar-refractivity contribution in [2.24, 2.45) is 0 Å². The van der Waals surface area contributed by atoms with E-state index in [-0.39, 0.29) is 11.9 Å². The molecule has 23 heavy (non-hydrogen) atoms. The summed E-state index contributed by atoms with van der Waals surface area (Å²) in [5.41, 5.74) is 2.82. The first-order valence-electron chi connectivity index (χ1n) is 7.84. The van der Waals surface area contributed by atoms with Crippen LogP contribution in [0, 0.1) is 13.8 Å². The first kappa shape index (κ1) is 15.5. The van der Waals surface area contributed by atoms with E-state index in [4.69, 9.17) is 4.42 Å². The molecule has 0 aromatic carbocycles. The summed E-state index contributed by atoms with van der Waals surface area (Å²) in [5.74, 6) is 2.08. The maximum absolute atomic E-state index is 12.4. The first-order chi connectivity index (χ1) is 10.9. The second kappa shape index (κ2) is 6.02. The molecule has 122 valence electrons. The lowest BCUT2D eigenvalue weighted by Crippen LogP contribution is -2.39. The van der Waals surface area contributed by atoms with Gasteiger partial charge in [0, 0.05) is 32.0 Å². The predicted octanol–water partition coefficient (Wildman–Crippen LogP) is 2.04. The van der Waals surface area contributed by atoms with Crippen LogP contribution in [0.4, 0.5) is 5.95 Å². The summed E-state index contributed by atoms with van der Waals surface area (Å²) in [6, 6.07) is 1.90. The van der Waals surface area contributed by atoms with E-state index >= 15 is 0 Å². The maximum atomic E-state index is 12.4. The Balaban J connectivity index is 1.70. The molecule has 1 aliphatic carbocycles. The topological polar surface area (TPSA) is 71.3 Å². The van der Waals surface area contributed by atoms with E-state index in [0.29, 0.717) is 11.3 Å². The Labute approximate surface area is 135 Å². The van der Waals surface area contributed by atoms with Crippen LogP contribution < -0.4 is 10.2 Å². The molecule has 1 N–H and O–H groups in total. The number of fused-ring (bicyclic) bond motifs is 1. The molecular weight excluding hydrogens is 292 g/mol. The van der Waals surface area contributed by atoms with Crippen LogP contribution in [-0.2, 0) is 12.8 Å².